The lowest BCUT2D eigenvalue weighted by Gasteiger charge is -2.36. The molecule has 23 heavy (non-hydrogen) atoms. The van der Waals surface area contributed by atoms with Crippen molar-refractivity contribution in [3.8, 4) is 0 Å². The minimum Gasteiger partial charge on any atom is -0.468 e. The summed E-state index contributed by atoms with van der Waals surface area (Å²) >= 11 is 0. The summed E-state index contributed by atoms with van der Waals surface area (Å²) in [5, 5.41) is 0. The first-order valence-corrected chi connectivity index (χ1v) is 8.16. The number of rotatable bonds is 5. The zero-order valence-electron chi connectivity index (χ0n) is 13.6. The molecule has 1 aliphatic heterocycles. The second-order valence-electron chi connectivity index (χ2n) is 6.20. The highest BCUT2D eigenvalue weighted by molar-refractivity contribution is 5.81. The Kier molecular flexibility index (Phi) is 4.77. The molecule has 3 rings (SSSR count). The fourth-order valence-corrected chi connectivity index (χ4v) is 3.60. The summed E-state index contributed by atoms with van der Waals surface area (Å²) in [5.41, 5.74) is 1.86. The number of hydrogen-bond acceptors (Lipinski definition) is 3. The van der Waals surface area contributed by atoms with E-state index in [1.165, 1.54) is 18.2 Å². The smallest absolute Gasteiger partial charge is 0.326 e. The van der Waals surface area contributed by atoms with Crippen LogP contribution in [0.1, 0.15) is 24.0 Å². The van der Waals surface area contributed by atoms with E-state index in [0.717, 1.165) is 25.9 Å². The zero-order valence-corrected chi connectivity index (χ0v) is 13.6. The summed E-state index contributed by atoms with van der Waals surface area (Å²) in [6.07, 6.45) is 2.57. The number of nitrogens with zero attached hydrogens (tertiary/aromatic N) is 1. The number of hydrogen-bond donors (Lipinski definition) is 0. The predicted molar refractivity (Wildman–Crippen MR) is 91.0 cm³/mol. The van der Waals surface area contributed by atoms with E-state index in [1.54, 1.807) is 0 Å². The monoisotopic (exact) mass is 309 g/mol. The van der Waals surface area contributed by atoms with Gasteiger partial charge in [0, 0.05) is 13.0 Å². The van der Waals surface area contributed by atoms with Crippen molar-refractivity contribution in [2.24, 2.45) is 0 Å². The van der Waals surface area contributed by atoms with Crippen molar-refractivity contribution in [1.82, 2.24) is 4.90 Å². The second-order valence-corrected chi connectivity index (χ2v) is 6.20. The third kappa shape index (κ3) is 3.30. The Bertz CT molecular complexity index is 641. The minimum absolute atomic E-state index is 0.116. The van der Waals surface area contributed by atoms with Crippen LogP contribution in [0.15, 0.2) is 60.7 Å². The van der Waals surface area contributed by atoms with Crippen molar-refractivity contribution in [2.75, 3.05) is 13.7 Å². The SMILES string of the molecule is COC(=O)[C@]1(Cc2ccccc2)CCCN1Cc1ccccc1. The van der Waals surface area contributed by atoms with Crippen LogP contribution in [0.25, 0.3) is 0 Å². The van der Waals surface area contributed by atoms with Gasteiger partial charge in [0.1, 0.15) is 5.54 Å². The topological polar surface area (TPSA) is 29.5 Å². The highest BCUT2D eigenvalue weighted by Crippen LogP contribution is 2.35. The lowest BCUT2D eigenvalue weighted by molar-refractivity contribution is -0.154. The molecular formula is C20H23NO2. The Labute approximate surface area is 137 Å². The van der Waals surface area contributed by atoms with Gasteiger partial charge in [-0.15, -0.1) is 0 Å². The van der Waals surface area contributed by atoms with Gasteiger partial charge in [-0.3, -0.25) is 9.69 Å². The summed E-state index contributed by atoms with van der Waals surface area (Å²) in [7, 11) is 1.49. The maximum atomic E-state index is 12.7. The summed E-state index contributed by atoms with van der Waals surface area (Å²) in [6.45, 7) is 1.71. The molecule has 0 aromatic heterocycles. The van der Waals surface area contributed by atoms with Crippen LogP contribution in [0, 0.1) is 0 Å². The predicted octanol–water partition coefficient (Wildman–Crippen LogP) is 3.44. The number of esters is 1. The van der Waals surface area contributed by atoms with Gasteiger partial charge in [0.2, 0.25) is 0 Å². The van der Waals surface area contributed by atoms with Crippen LogP contribution < -0.4 is 0 Å². The Morgan fingerprint density at radius 3 is 2.26 bits per heavy atom. The zero-order chi connectivity index (χ0) is 16.1. The fourth-order valence-electron chi connectivity index (χ4n) is 3.60. The molecule has 1 aliphatic rings. The Hall–Kier alpha value is -2.13. The third-order valence-electron chi connectivity index (χ3n) is 4.74. The van der Waals surface area contributed by atoms with Gasteiger partial charge in [-0.25, -0.2) is 0 Å². The van der Waals surface area contributed by atoms with Crippen LogP contribution >= 0.6 is 0 Å². The summed E-state index contributed by atoms with van der Waals surface area (Å²) in [6, 6.07) is 20.6. The van der Waals surface area contributed by atoms with E-state index in [9.17, 15) is 4.79 Å². The highest BCUT2D eigenvalue weighted by atomic mass is 16.5. The molecule has 0 amide bonds. The van der Waals surface area contributed by atoms with Crippen LogP contribution in [-0.2, 0) is 22.5 Å². The van der Waals surface area contributed by atoms with Gasteiger partial charge in [0.05, 0.1) is 7.11 Å². The molecule has 2 aromatic carbocycles. The Balaban J connectivity index is 1.89. The standard InChI is InChI=1S/C20H23NO2/c1-23-19(22)20(15-17-9-4-2-5-10-17)13-8-14-21(20)16-18-11-6-3-7-12-18/h2-7,9-12H,8,13-16H2,1H3/t20-/m1/s1. The summed E-state index contributed by atoms with van der Waals surface area (Å²) in [4.78, 5) is 15.0. The molecular weight excluding hydrogens is 286 g/mol. The van der Waals surface area contributed by atoms with Crippen molar-refractivity contribution in [1.29, 1.82) is 0 Å². The van der Waals surface area contributed by atoms with E-state index in [0.29, 0.717) is 6.42 Å². The number of benzene rings is 2. The largest absolute Gasteiger partial charge is 0.468 e. The molecule has 0 radical (unpaired) electrons. The van der Waals surface area contributed by atoms with E-state index < -0.39 is 5.54 Å². The lowest BCUT2D eigenvalue weighted by atomic mass is 9.87. The van der Waals surface area contributed by atoms with E-state index in [4.69, 9.17) is 4.74 Å². The molecule has 2 aromatic rings. The maximum Gasteiger partial charge on any atom is 0.326 e. The van der Waals surface area contributed by atoms with Gasteiger partial charge in [0.15, 0.2) is 0 Å². The van der Waals surface area contributed by atoms with Gasteiger partial charge < -0.3 is 4.74 Å². The number of carbonyl (C=O) groups is 1. The Morgan fingerprint density at radius 1 is 1.04 bits per heavy atom. The Morgan fingerprint density at radius 2 is 1.65 bits per heavy atom. The molecule has 0 aliphatic carbocycles. The van der Waals surface area contributed by atoms with Gasteiger partial charge in [0.25, 0.3) is 0 Å². The van der Waals surface area contributed by atoms with Crippen molar-refractivity contribution >= 4 is 5.97 Å². The minimum atomic E-state index is -0.550. The van der Waals surface area contributed by atoms with E-state index in [1.807, 2.05) is 36.4 Å². The average molecular weight is 309 g/mol. The van der Waals surface area contributed by atoms with Gasteiger partial charge in [-0.2, -0.15) is 0 Å². The second kappa shape index (κ2) is 6.97. The van der Waals surface area contributed by atoms with Crippen LogP contribution in [-0.4, -0.2) is 30.1 Å². The number of ether oxygens (including phenoxy) is 1. The molecule has 0 spiro atoms. The molecule has 0 saturated carbocycles. The number of methoxy groups -OCH3 is 1. The summed E-state index contributed by atoms with van der Waals surface area (Å²) in [5.74, 6) is -0.116. The molecule has 3 nitrogen and oxygen atoms in total. The maximum absolute atomic E-state index is 12.7. The molecule has 1 heterocycles. The summed E-state index contributed by atoms with van der Waals surface area (Å²) < 4.78 is 5.20. The highest BCUT2D eigenvalue weighted by Gasteiger charge is 2.48. The van der Waals surface area contributed by atoms with Gasteiger partial charge >= 0.3 is 5.97 Å². The first-order chi connectivity index (χ1) is 11.2. The normalized spacial score (nSPS) is 21.3. The molecule has 0 N–H and O–H groups in total. The molecule has 1 fully saturated rings. The van der Waals surface area contributed by atoms with E-state index in [2.05, 4.69) is 29.2 Å². The first-order valence-electron chi connectivity index (χ1n) is 8.16. The van der Waals surface area contributed by atoms with Crippen molar-refractivity contribution < 1.29 is 9.53 Å². The number of carbonyl (C=O) groups excluding carboxylic acids is 1. The molecule has 0 unspecified atom stereocenters. The van der Waals surface area contributed by atoms with E-state index in [-0.39, 0.29) is 5.97 Å². The van der Waals surface area contributed by atoms with Crippen LogP contribution in [0.5, 0.6) is 0 Å². The molecule has 120 valence electrons. The van der Waals surface area contributed by atoms with E-state index >= 15 is 0 Å². The first kappa shape index (κ1) is 15.8. The quantitative estimate of drug-likeness (QED) is 0.793. The molecule has 3 heteroatoms. The van der Waals surface area contributed by atoms with Crippen LogP contribution in [0.2, 0.25) is 0 Å². The van der Waals surface area contributed by atoms with Crippen molar-refractivity contribution in [3.05, 3.63) is 71.8 Å². The fraction of sp³-hybridized carbons (Fsp3) is 0.350. The van der Waals surface area contributed by atoms with Crippen molar-refractivity contribution in [2.45, 2.75) is 31.3 Å². The number of likely N-dealkylation sites (tertiary alicyclic amines) is 1. The average Bonchev–Trinajstić information content (AvgIpc) is 2.99. The lowest BCUT2D eigenvalue weighted by Crippen LogP contribution is -2.52. The third-order valence-corrected chi connectivity index (χ3v) is 4.74. The van der Waals surface area contributed by atoms with Crippen LogP contribution in [0.4, 0.5) is 0 Å². The van der Waals surface area contributed by atoms with Crippen molar-refractivity contribution in [3.63, 3.8) is 0 Å². The van der Waals surface area contributed by atoms with Gasteiger partial charge in [-0.1, -0.05) is 60.7 Å². The molecule has 0 bridgehead atoms. The van der Waals surface area contributed by atoms with Gasteiger partial charge in [-0.05, 0) is 30.5 Å². The molecule has 1 saturated heterocycles. The van der Waals surface area contributed by atoms with Crippen LogP contribution in [0.3, 0.4) is 0 Å². The molecule has 1 atom stereocenters.